The maximum Gasteiger partial charge on any atom is 0.0972 e. The Balaban J connectivity index is 1.90. The van der Waals surface area contributed by atoms with Crippen molar-refractivity contribution in [3.63, 3.8) is 0 Å². The van der Waals surface area contributed by atoms with Crippen LogP contribution in [0.4, 0.5) is 0 Å². The van der Waals surface area contributed by atoms with Crippen molar-refractivity contribution in [3.8, 4) is 0 Å². The lowest BCUT2D eigenvalue weighted by Crippen LogP contribution is -2.07. The summed E-state index contributed by atoms with van der Waals surface area (Å²) in [4.78, 5) is 0. The van der Waals surface area contributed by atoms with E-state index in [1.54, 1.807) is 0 Å². The molecule has 1 heteroatoms. The van der Waals surface area contributed by atoms with Gasteiger partial charge in [0.05, 0.1) is 5.60 Å². The molecule has 1 saturated carbocycles. The minimum absolute atomic E-state index is 0.260. The monoisotopic (exact) mass is 210 g/mol. The molecule has 2 unspecified atom stereocenters. The van der Waals surface area contributed by atoms with Crippen molar-refractivity contribution in [1.82, 2.24) is 0 Å². The Labute approximate surface area is 95.4 Å². The first-order valence-electron chi connectivity index (χ1n) is 5.63. The maximum absolute atomic E-state index is 10.5. The molecule has 0 amide bonds. The molecule has 0 radical (unpaired) electrons. The van der Waals surface area contributed by atoms with Crippen molar-refractivity contribution in [1.29, 1.82) is 0 Å². The zero-order valence-corrected chi connectivity index (χ0v) is 9.01. The summed E-state index contributed by atoms with van der Waals surface area (Å²) in [6.45, 7) is 0. The fourth-order valence-electron chi connectivity index (χ4n) is 2.38. The van der Waals surface area contributed by atoms with Crippen molar-refractivity contribution in [2.24, 2.45) is 0 Å². The van der Waals surface area contributed by atoms with Crippen LogP contribution in [-0.4, -0.2) is 5.11 Å². The summed E-state index contributed by atoms with van der Waals surface area (Å²) in [5.74, 6) is 0.260. The lowest BCUT2D eigenvalue weighted by Gasteiger charge is -2.10. The van der Waals surface area contributed by atoms with Crippen molar-refractivity contribution in [2.45, 2.75) is 17.9 Å². The molecule has 80 valence electrons. The second kappa shape index (κ2) is 3.46. The van der Waals surface area contributed by atoms with E-state index >= 15 is 0 Å². The molecule has 1 aliphatic carbocycles. The van der Waals surface area contributed by atoms with Crippen LogP contribution in [0.25, 0.3) is 0 Å². The van der Waals surface area contributed by atoms with E-state index in [1.165, 1.54) is 5.56 Å². The smallest absolute Gasteiger partial charge is 0.0972 e. The van der Waals surface area contributed by atoms with E-state index in [0.29, 0.717) is 0 Å². The highest BCUT2D eigenvalue weighted by molar-refractivity contribution is 5.39. The maximum atomic E-state index is 10.5. The van der Waals surface area contributed by atoms with Crippen LogP contribution >= 0.6 is 0 Å². The van der Waals surface area contributed by atoms with E-state index in [9.17, 15) is 5.11 Å². The Hall–Kier alpha value is -1.60. The van der Waals surface area contributed by atoms with Crippen molar-refractivity contribution < 1.29 is 5.11 Å². The average Bonchev–Trinajstić information content (AvgIpc) is 3.06. The third-order valence-corrected chi connectivity index (χ3v) is 3.41. The molecule has 2 atom stereocenters. The minimum atomic E-state index is -0.636. The van der Waals surface area contributed by atoms with Gasteiger partial charge in [0, 0.05) is 5.92 Å². The highest BCUT2D eigenvalue weighted by Gasteiger charge is 2.54. The summed E-state index contributed by atoms with van der Waals surface area (Å²) in [6, 6.07) is 20.2. The molecule has 2 aromatic carbocycles. The van der Waals surface area contributed by atoms with Gasteiger partial charge in [0.2, 0.25) is 0 Å². The zero-order chi connectivity index (χ0) is 11.0. The van der Waals surface area contributed by atoms with Crippen LogP contribution in [0.1, 0.15) is 23.5 Å². The van der Waals surface area contributed by atoms with Crippen LogP contribution in [0.2, 0.25) is 0 Å². The van der Waals surface area contributed by atoms with Crippen LogP contribution < -0.4 is 0 Å². The van der Waals surface area contributed by atoms with Gasteiger partial charge in [-0.1, -0.05) is 60.7 Å². The highest BCUT2D eigenvalue weighted by Crippen LogP contribution is 2.58. The number of hydrogen-bond donors (Lipinski definition) is 1. The molecule has 0 aliphatic heterocycles. The minimum Gasteiger partial charge on any atom is -0.384 e. The molecular formula is C15H14O. The van der Waals surface area contributed by atoms with Crippen molar-refractivity contribution in [3.05, 3.63) is 71.8 Å². The normalized spacial score (nSPS) is 27.7. The quantitative estimate of drug-likeness (QED) is 0.807. The lowest BCUT2D eigenvalue weighted by atomic mass is 10.0. The van der Waals surface area contributed by atoms with E-state index in [1.807, 2.05) is 48.5 Å². The molecule has 1 nitrogen and oxygen atoms in total. The van der Waals surface area contributed by atoms with E-state index < -0.39 is 5.60 Å². The summed E-state index contributed by atoms with van der Waals surface area (Å²) in [6.07, 6.45) is 0.834. The summed E-state index contributed by atoms with van der Waals surface area (Å²) in [5.41, 5.74) is 1.63. The second-order valence-corrected chi connectivity index (χ2v) is 4.46. The molecule has 0 heterocycles. The van der Waals surface area contributed by atoms with Gasteiger partial charge in [-0.3, -0.25) is 0 Å². The summed E-state index contributed by atoms with van der Waals surface area (Å²) < 4.78 is 0. The number of hydrogen-bond acceptors (Lipinski definition) is 1. The first-order chi connectivity index (χ1) is 7.81. The van der Waals surface area contributed by atoms with Crippen LogP contribution in [-0.2, 0) is 5.60 Å². The molecule has 0 saturated heterocycles. The van der Waals surface area contributed by atoms with Crippen molar-refractivity contribution in [2.75, 3.05) is 0 Å². The Kier molecular flexibility index (Phi) is 2.08. The molecule has 0 spiro atoms. The van der Waals surface area contributed by atoms with Gasteiger partial charge in [0.25, 0.3) is 0 Å². The van der Waals surface area contributed by atoms with Gasteiger partial charge in [-0.15, -0.1) is 0 Å². The lowest BCUT2D eigenvalue weighted by molar-refractivity contribution is 0.144. The van der Waals surface area contributed by atoms with Gasteiger partial charge < -0.3 is 5.11 Å². The van der Waals surface area contributed by atoms with Gasteiger partial charge in [-0.25, -0.2) is 0 Å². The summed E-state index contributed by atoms with van der Waals surface area (Å²) in [7, 11) is 0. The molecule has 1 fully saturated rings. The predicted octanol–water partition coefficient (Wildman–Crippen LogP) is 3.06. The number of rotatable bonds is 2. The van der Waals surface area contributed by atoms with Crippen LogP contribution in [0, 0.1) is 0 Å². The van der Waals surface area contributed by atoms with Gasteiger partial charge in [-0.05, 0) is 17.5 Å². The highest BCUT2D eigenvalue weighted by atomic mass is 16.3. The second-order valence-electron chi connectivity index (χ2n) is 4.46. The Bertz CT molecular complexity index is 477. The van der Waals surface area contributed by atoms with Gasteiger partial charge in [0.15, 0.2) is 0 Å². The molecule has 1 N–H and O–H groups in total. The van der Waals surface area contributed by atoms with E-state index in [2.05, 4.69) is 12.1 Å². The molecule has 16 heavy (non-hydrogen) atoms. The first kappa shape index (κ1) is 9.61. The van der Waals surface area contributed by atoms with E-state index in [0.717, 1.165) is 12.0 Å². The standard InChI is InChI=1S/C15H14O/c16-15(13-9-5-2-6-10-13)11-14(15)12-7-3-1-4-8-12/h1-10,14,16H,11H2. The largest absolute Gasteiger partial charge is 0.384 e. The SMILES string of the molecule is OC1(c2ccccc2)CC1c1ccccc1. The van der Waals surface area contributed by atoms with Gasteiger partial charge >= 0.3 is 0 Å². The Morgan fingerprint density at radius 1 is 0.875 bits per heavy atom. The van der Waals surface area contributed by atoms with Crippen molar-refractivity contribution >= 4 is 0 Å². The Morgan fingerprint density at radius 3 is 2.06 bits per heavy atom. The third kappa shape index (κ3) is 1.44. The van der Waals surface area contributed by atoms with Gasteiger partial charge in [-0.2, -0.15) is 0 Å². The third-order valence-electron chi connectivity index (χ3n) is 3.41. The Morgan fingerprint density at radius 2 is 1.44 bits per heavy atom. The topological polar surface area (TPSA) is 20.2 Å². The van der Waals surface area contributed by atoms with Crippen LogP contribution in [0.3, 0.4) is 0 Å². The zero-order valence-electron chi connectivity index (χ0n) is 9.01. The van der Waals surface area contributed by atoms with Crippen LogP contribution in [0.5, 0.6) is 0 Å². The van der Waals surface area contributed by atoms with Gasteiger partial charge in [0.1, 0.15) is 0 Å². The first-order valence-corrected chi connectivity index (χ1v) is 5.63. The molecule has 0 bridgehead atoms. The molecule has 2 aromatic rings. The fraction of sp³-hybridized carbons (Fsp3) is 0.200. The molecular weight excluding hydrogens is 196 g/mol. The molecule has 1 aliphatic rings. The van der Waals surface area contributed by atoms with E-state index in [-0.39, 0.29) is 5.92 Å². The summed E-state index contributed by atoms with van der Waals surface area (Å²) in [5, 5.41) is 10.5. The van der Waals surface area contributed by atoms with E-state index in [4.69, 9.17) is 0 Å². The number of benzene rings is 2. The molecule has 0 aromatic heterocycles. The predicted molar refractivity (Wildman–Crippen MR) is 64.1 cm³/mol. The number of aliphatic hydroxyl groups is 1. The average molecular weight is 210 g/mol. The summed E-state index contributed by atoms with van der Waals surface area (Å²) >= 11 is 0. The van der Waals surface area contributed by atoms with Crippen LogP contribution in [0.15, 0.2) is 60.7 Å². The fourth-order valence-corrected chi connectivity index (χ4v) is 2.38. The molecule has 3 rings (SSSR count).